The van der Waals surface area contributed by atoms with Gasteiger partial charge in [-0.05, 0) is 61.4 Å². The molecular formula is C20H23FN2O3S. The lowest BCUT2D eigenvalue weighted by molar-refractivity contribution is 0.0638. The summed E-state index contributed by atoms with van der Waals surface area (Å²) in [7, 11) is 0. The van der Waals surface area contributed by atoms with Crippen molar-refractivity contribution in [2.24, 2.45) is 5.92 Å². The molecule has 1 aromatic carbocycles. The van der Waals surface area contributed by atoms with Crippen LogP contribution >= 0.6 is 11.8 Å². The molecule has 2 aromatic rings. The molecule has 1 N–H and O–H groups in total. The molecule has 5 nitrogen and oxygen atoms in total. The van der Waals surface area contributed by atoms with Crippen molar-refractivity contribution in [2.75, 3.05) is 25.9 Å². The van der Waals surface area contributed by atoms with Crippen LogP contribution < -0.4 is 5.32 Å². The van der Waals surface area contributed by atoms with Crippen molar-refractivity contribution in [2.45, 2.75) is 18.6 Å². The Balaban J connectivity index is 1.53. The molecule has 1 fully saturated rings. The number of amides is 2. The second kappa shape index (κ2) is 9.08. The number of carbonyl (C=O) groups is 2. The average molecular weight is 390 g/mol. The zero-order valence-electron chi connectivity index (χ0n) is 15.2. The first-order valence-electron chi connectivity index (χ1n) is 8.97. The number of furan rings is 1. The number of rotatable bonds is 6. The summed E-state index contributed by atoms with van der Waals surface area (Å²) in [6, 6.07) is 9.03. The van der Waals surface area contributed by atoms with E-state index in [0.29, 0.717) is 31.0 Å². The molecule has 27 heavy (non-hydrogen) atoms. The third-order valence-corrected chi connectivity index (χ3v) is 5.20. The zero-order valence-corrected chi connectivity index (χ0v) is 16.1. The van der Waals surface area contributed by atoms with Crippen LogP contribution in [0.15, 0.2) is 40.8 Å². The normalized spacial score (nSPS) is 17.0. The Kier molecular flexibility index (Phi) is 6.55. The van der Waals surface area contributed by atoms with Gasteiger partial charge in [-0.1, -0.05) is 0 Å². The number of benzene rings is 1. The number of hydrogen-bond acceptors (Lipinski definition) is 4. The second-order valence-corrected chi connectivity index (χ2v) is 7.54. The van der Waals surface area contributed by atoms with Crippen LogP contribution in [0.1, 0.15) is 39.5 Å². The smallest absolute Gasteiger partial charge is 0.289 e. The molecule has 2 heterocycles. The summed E-state index contributed by atoms with van der Waals surface area (Å²) < 4.78 is 18.6. The Hall–Kier alpha value is -2.28. The van der Waals surface area contributed by atoms with Crippen molar-refractivity contribution >= 4 is 23.6 Å². The van der Waals surface area contributed by atoms with Crippen LogP contribution in [0, 0.1) is 11.7 Å². The van der Waals surface area contributed by atoms with E-state index in [-0.39, 0.29) is 23.5 Å². The van der Waals surface area contributed by atoms with E-state index in [1.165, 1.54) is 24.3 Å². The molecule has 1 aliphatic heterocycles. The van der Waals surface area contributed by atoms with E-state index < -0.39 is 0 Å². The van der Waals surface area contributed by atoms with Crippen molar-refractivity contribution < 1.29 is 18.4 Å². The van der Waals surface area contributed by atoms with Gasteiger partial charge in [-0.25, -0.2) is 4.39 Å². The molecule has 3 rings (SSSR count). The molecular weight excluding hydrogens is 367 g/mol. The Morgan fingerprint density at radius 2 is 2.04 bits per heavy atom. The van der Waals surface area contributed by atoms with Gasteiger partial charge < -0.3 is 14.6 Å². The lowest BCUT2D eigenvalue weighted by atomic mass is 9.97. The van der Waals surface area contributed by atoms with Crippen LogP contribution in [0.25, 0.3) is 0 Å². The zero-order chi connectivity index (χ0) is 19.2. The number of halogens is 1. The SMILES string of the molecule is CSCc1ccc(C(=O)N2CCCC(CNC(=O)c3ccc(F)cc3)C2)o1. The highest BCUT2D eigenvalue weighted by molar-refractivity contribution is 7.97. The van der Waals surface area contributed by atoms with Gasteiger partial charge in [-0.15, -0.1) is 0 Å². The lowest BCUT2D eigenvalue weighted by Gasteiger charge is -2.32. The minimum Gasteiger partial charge on any atom is -0.455 e. The number of carbonyl (C=O) groups excluding carboxylic acids is 2. The summed E-state index contributed by atoms with van der Waals surface area (Å²) in [5.41, 5.74) is 0.428. The minimum atomic E-state index is -0.369. The first-order valence-corrected chi connectivity index (χ1v) is 10.4. The highest BCUT2D eigenvalue weighted by Crippen LogP contribution is 2.20. The maximum Gasteiger partial charge on any atom is 0.289 e. The van der Waals surface area contributed by atoms with Gasteiger partial charge in [0.15, 0.2) is 5.76 Å². The molecule has 0 radical (unpaired) electrons. The van der Waals surface area contributed by atoms with E-state index in [1.807, 2.05) is 12.3 Å². The first kappa shape index (κ1) is 19.5. The number of nitrogens with zero attached hydrogens (tertiary/aromatic N) is 1. The van der Waals surface area contributed by atoms with Crippen molar-refractivity contribution in [3.8, 4) is 0 Å². The number of piperidine rings is 1. The molecule has 2 amide bonds. The first-order chi connectivity index (χ1) is 13.1. The summed E-state index contributed by atoms with van der Waals surface area (Å²) in [4.78, 5) is 26.6. The largest absolute Gasteiger partial charge is 0.455 e. The number of hydrogen-bond donors (Lipinski definition) is 1. The standard InChI is InChI=1S/C20H23FN2O3S/c1-27-13-17-8-9-18(26-17)20(25)23-10-2-3-14(12-23)11-22-19(24)15-4-6-16(21)7-5-15/h4-9,14H,2-3,10-13H2,1H3,(H,22,24). The summed E-state index contributed by atoms with van der Waals surface area (Å²) >= 11 is 1.64. The van der Waals surface area contributed by atoms with Crippen molar-refractivity contribution in [3.05, 3.63) is 59.3 Å². The van der Waals surface area contributed by atoms with E-state index in [1.54, 1.807) is 22.7 Å². The van der Waals surface area contributed by atoms with E-state index in [0.717, 1.165) is 24.4 Å². The van der Waals surface area contributed by atoms with Gasteiger partial charge in [-0.2, -0.15) is 11.8 Å². The monoisotopic (exact) mass is 390 g/mol. The number of nitrogens with one attached hydrogen (secondary N) is 1. The summed E-state index contributed by atoms with van der Waals surface area (Å²) in [6.07, 6.45) is 3.82. The van der Waals surface area contributed by atoms with Crippen molar-refractivity contribution in [3.63, 3.8) is 0 Å². The third kappa shape index (κ3) is 5.13. The number of thioether (sulfide) groups is 1. The van der Waals surface area contributed by atoms with Crippen LogP contribution in [0.5, 0.6) is 0 Å². The Morgan fingerprint density at radius 1 is 1.26 bits per heavy atom. The van der Waals surface area contributed by atoms with E-state index >= 15 is 0 Å². The fraction of sp³-hybridized carbons (Fsp3) is 0.400. The maximum atomic E-state index is 13.0. The predicted molar refractivity (Wildman–Crippen MR) is 103 cm³/mol. The van der Waals surface area contributed by atoms with Crippen LogP contribution in [-0.4, -0.2) is 42.6 Å². The van der Waals surface area contributed by atoms with Crippen LogP contribution in [0.3, 0.4) is 0 Å². The maximum absolute atomic E-state index is 13.0. The second-order valence-electron chi connectivity index (χ2n) is 6.68. The summed E-state index contributed by atoms with van der Waals surface area (Å²) in [5.74, 6) is 1.40. The Bertz CT molecular complexity index is 791. The molecule has 1 saturated heterocycles. The fourth-order valence-electron chi connectivity index (χ4n) is 3.23. The lowest BCUT2D eigenvalue weighted by Crippen LogP contribution is -2.43. The average Bonchev–Trinajstić information content (AvgIpc) is 3.15. The summed E-state index contributed by atoms with van der Waals surface area (Å²) in [5, 5.41) is 2.88. The summed E-state index contributed by atoms with van der Waals surface area (Å²) in [6.45, 7) is 1.76. The van der Waals surface area contributed by atoms with Crippen LogP contribution in [0.2, 0.25) is 0 Å². The molecule has 1 unspecified atom stereocenters. The molecule has 1 aromatic heterocycles. The molecule has 144 valence electrons. The van der Waals surface area contributed by atoms with E-state index in [2.05, 4.69) is 5.32 Å². The number of likely N-dealkylation sites (tertiary alicyclic amines) is 1. The van der Waals surface area contributed by atoms with E-state index in [4.69, 9.17) is 4.42 Å². The molecule has 0 saturated carbocycles. The molecule has 0 spiro atoms. The Morgan fingerprint density at radius 3 is 2.78 bits per heavy atom. The molecule has 0 aliphatic carbocycles. The van der Waals surface area contributed by atoms with Crippen molar-refractivity contribution in [1.82, 2.24) is 10.2 Å². The highest BCUT2D eigenvalue weighted by atomic mass is 32.2. The molecule has 0 bridgehead atoms. The van der Waals surface area contributed by atoms with Gasteiger partial charge in [0.1, 0.15) is 11.6 Å². The van der Waals surface area contributed by atoms with E-state index in [9.17, 15) is 14.0 Å². The Labute approximate surface area is 162 Å². The molecule has 1 atom stereocenters. The quantitative estimate of drug-likeness (QED) is 0.819. The van der Waals surface area contributed by atoms with Gasteiger partial charge in [0.05, 0.1) is 5.75 Å². The van der Waals surface area contributed by atoms with Gasteiger partial charge in [-0.3, -0.25) is 9.59 Å². The molecule has 7 heteroatoms. The minimum absolute atomic E-state index is 0.100. The third-order valence-electron chi connectivity index (χ3n) is 4.62. The van der Waals surface area contributed by atoms with Crippen LogP contribution in [-0.2, 0) is 5.75 Å². The van der Waals surface area contributed by atoms with Gasteiger partial charge in [0.2, 0.25) is 0 Å². The van der Waals surface area contributed by atoms with Gasteiger partial charge in [0.25, 0.3) is 11.8 Å². The van der Waals surface area contributed by atoms with Gasteiger partial charge >= 0.3 is 0 Å². The fourth-order valence-corrected chi connectivity index (χ4v) is 3.66. The predicted octanol–water partition coefficient (Wildman–Crippen LogP) is 3.56. The topological polar surface area (TPSA) is 62.6 Å². The molecule has 1 aliphatic rings. The van der Waals surface area contributed by atoms with Crippen LogP contribution in [0.4, 0.5) is 4.39 Å². The van der Waals surface area contributed by atoms with Gasteiger partial charge in [0, 0.05) is 25.2 Å². The van der Waals surface area contributed by atoms with Crippen molar-refractivity contribution in [1.29, 1.82) is 0 Å². The highest BCUT2D eigenvalue weighted by Gasteiger charge is 2.26.